The Morgan fingerprint density at radius 2 is 2.21 bits per heavy atom. The van der Waals surface area contributed by atoms with E-state index in [1.807, 2.05) is 6.07 Å². The maximum absolute atomic E-state index is 12.7. The molecule has 0 aliphatic rings. The van der Waals surface area contributed by atoms with Crippen molar-refractivity contribution in [3.63, 3.8) is 0 Å². The van der Waals surface area contributed by atoms with Gasteiger partial charge in [0.05, 0.1) is 0 Å². The largest absolute Gasteiger partial charge is 0.317 e. The summed E-state index contributed by atoms with van der Waals surface area (Å²) in [6.07, 6.45) is 2.06. The molecular formula is C11H15BrFN. The first-order valence-corrected chi connectivity index (χ1v) is 5.68. The number of benzene rings is 1. The van der Waals surface area contributed by atoms with E-state index in [2.05, 4.69) is 28.2 Å². The van der Waals surface area contributed by atoms with Gasteiger partial charge in [-0.1, -0.05) is 28.9 Å². The summed E-state index contributed by atoms with van der Waals surface area (Å²) in [5, 5.41) is 3.26. The SMILES string of the molecule is CCNCCCc1ccc(F)cc1Br. The Labute approximate surface area is 92.8 Å². The molecule has 0 amide bonds. The van der Waals surface area contributed by atoms with Gasteiger partial charge in [-0.15, -0.1) is 0 Å². The molecule has 0 atom stereocenters. The summed E-state index contributed by atoms with van der Waals surface area (Å²) in [5.74, 6) is -0.188. The highest BCUT2D eigenvalue weighted by Crippen LogP contribution is 2.19. The first-order valence-electron chi connectivity index (χ1n) is 4.88. The average molecular weight is 260 g/mol. The molecule has 1 rings (SSSR count). The predicted molar refractivity (Wildman–Crippen MR) is 61.0 cm³/mol. The fraction of sp³-hybridized carbons (Fsp3) is 0.455. The minimum absolute atomic E-state index is 0.188. The van der Waals surface area contributed by atoms with Gasteiger partial charge < -0.3 is 5.32 Å². The van der Waals surface area contributed by atoms with Crippen LogP contribution in [0.1, 0.15) is 18.9 Å². The zero-order valence-electron chi connectivity index (χ0n) is 8.32. The molecule has 0 unspecified atom stereocenters. The second-order valence-electron chi connectivity index (χ2n) is 3.19. The second-order valence-corrected chi connectivity index (χ2v) is 4.05. The maximum Gasteiger partial charge on any atom is 0.124 e. The van der Waals surface area contributed by atoms with Crippen LogP contribution >= 0.6 is 15.9 Å². The summed E-state index contributed by atoms with van der Waals surface area (Å²) in [6, 6.07) is 4.86. The van der Waals surface area contributed by atoms with E-state index in [9.17, 15) is 4.39 Å². The Morgan fingerprint density at radius 1 is 1.43 bits per heavy atom. The Kier molecular flexibility index (Phi) is 5.12. The van der Waals surface area contributed by atoms with Crippen molar-refractivity contribution in [1.29, 1.82) is 0 Å². The molecule has 14 heavy (non-hydrogen) atoms. The van der Waals surface area contributed by atoms with Crippen molar-refractivity contribution >= 4 is 15.9 Å². The minimum Gasteiger partial charge on any atom is -0.317 e. The monoisotopic (exact) mass is 259 g/mol. The van der Waals surface area contributed by atoms with Crippen LogP contribution in [0.5, 0.6) is 0 Å². The van der Waals surface area contributed by atoms with Crippen LogP contribution in [0, 0.1) is 5.82 Å². The Hall–Kier alpha value is -0.410. The molecule has 0 fully saturated rings. The average Bonchev–Trinajstić information content (AvgIpc) is 2.15. The third-order valence-electron chi connectivity index (χ3n) is 2.06. The first-order chi connectivity index (χ1) is 6.74. The molecule has 0 aliphatic carbocycles. The van der Waals surface area contributed by atoms with Crippen LogP contribution in [-0.2, 0) is 6.42 Å². The first kappa shape index (κ1) is 11.7. The van der Waals surface area contributed by atoms with Crippen LogP contribution in [0.4, 0.5) is 4.39 Å². The smallest absolute Gasteiger partial charge is 0.124 e. The highest BCUT2D eigenvalue weighted by Gasteiger charge is 2.00. The number of aryl methyl sites for hydroxylation is 1. The third-order valence-corrected chi connectivity index (χ3v) is 2.80. The molecule has 0 saturated heterocycles. The summed E-state index contributed by atoms with van der Waals surface area (Å²) in [4.78, 5) is 0. The van der Waals surface area contributed by atoms with E-state index in [4.69, 9.17) is 0 Å². The number of hydrogen-bond acceptors (Lipinski definition) is 1. The van der Waals surface area contributed by atoms with Crippen molar-refractivity contribution in [3.8, 4) is 0 Å². The molecule has 0 saturated carbocycles. The van der Waals surface area contributed by atoms with E-state index in [-0.39, 0.29) is 5.82 Å². The fourth-order valence-corrected chi connectivity index (χ4v) is 1.85. The van der Waals surface area contributed by atoms with Gasteiger partial charge in [-0.2, -0.15) is 0 Å². The van der Waals surface area contributed by atoms with Gasteiger partial charge >= 0.3 is 0 Å². The maximum atomic E-state index is 12.7. The Balaban J connectivity index is 2.42. The quantitative estimate of drug-likeness (QED) is 0.802. The van der Waals surface area contributed by atoms with Gasteiger partial charge in [0.2, 0.25) is 0 Å². The summed E-state index contributed by atoms with van der Waals surface area (Å²) < 4.78 is 13.6. The second kappa shape index (κ2) is 6.14. The Morgan fingerprint density at radius 3 is 2.86 bits per heavy atom. The fourth-order valence-electron chi connectivity index (χ4n) is 1.31. The molecule has 1 nitrogen and oxygen atoms in total. The van der Waals surface area contributed by atoms with E-state index in [1.54, 1.807) is 0 Å². The molecule has 0 spiro atoms. The van der Waals surface area contributed by atoms with Crippen LogP contribution < -0.4 is 5.32 Å². The van der Waals surface area contributed by atoms with Crippen molar-refractivity contribution in [2.75, 3.05) is 13.1 Å². The number of halogens is 2. The molecule has 1 aromatic carbocycles. The minimum atomic E-state index is -0.188. The molecule has 78 valence electrons. The lowest BCUT2D eigenvalue weighted by molar-refractivity contribution is 0.624. The van der Waals surface area contributed by atoms with Gasteiger partial charge in [-0.05, 0) is 43.6 Å². The van der Waals surface area contributed by atoms with E-state index >= 15 is 0 Å². The third kappa shape index (κ3) is 3.76. The van der Waals surface area contributed by atoms with Crippen molar-refractivity contribution in [2.24, 2.45) is 0 Å². The summed E-state index contributed by atoms with van der Waals surface area (Å²) >= 11 is 3.36. The van der Waals surface area contributed by atoms with Gasteiger partial charge in [-0.3, -0.25) is 0 Å². The lowest BCUT2D eigenvalue weighted by Gasteiger charge is -2.04. The van der Waals surface area contributed by atoms with Crippen molar-refractivity contribution in [3.05, 3.63) is 34.1 Å². The number of rotatable bonds is 5. The highest BCUT2D eigenvalue weighted by atomic mass is 79.9. The van der Waals surface area contributed by atoms with Gasteiger partial charge in [0.1, 0.15) is 5.82 Å². The molecule has 0 aliphatic heterocycles. The van der Waals surface area contributed by atoms with Gasteiger partial charge in [0, 0.05) is 4.47 Å². The summed E-state index contributed by atoms with van der Waals surface area (Å²) in [7, 11) is 0. The van der Waals surface area contributed by atoms with Crippen LogP contribution in [0.15, 0.2) is 22.7 Å². The molecule has 0 aromatic heterocycles. The standard InChI is InChI=1S/C11H15BrFN/c1-2-14-7-3-4-9-5-6-10(13)8-11(9)12/h5-6,8,14H,2-4,7H2,1H3. The van der Waals surface area contributed by atoms with Crippen LogP contribution in [0.2, 0.25) is 0 Å². The zero-order valence-corrected chi connectivity index (χ0v) is 9.90. The van der Waals surface area contributed by atoms with E-state index in [0.29, 0.717) is 0 Å². The van der Waals surface area contributed by atoms with Crippen molar-refractivity contribution in [1.82, 2.24) is 5.32 Å². The molecule has 0 radical (unpaired) electrons. The molecule has 1 aromatic rings. The lowest BCUT2D eigenvalue weighted by atomic mass is 10.1. The van der Waals surface area contributed by atoms with Crippen LogP contribution in [0.25, 0.3) is 0 Å². The molecule has 0 heterocycles. The van der Waals surface area contributed by atoms with Crippen LogP contribution in [0.3, 0.4) is 0 Å². The molecule has 1 N–H and O–H groups in total. The molecule has 0 bridgehead atoms. The molecular weight excluding hydrogens is 245 g/mol. The van der Waals surface area contributed by atoms with E-state index in [0.717, 1.165) is 30.4 Å². The lowest BCUT2D eigenvalue weighted by Crippen LogP contribution is -2.14. The van der Waals surface area contributed by atoms with Crippen molar-refractivity contribution in [2.45, 2.75) is 19.8 Å². The van der Waals surface area contributed by atoms with Gasteiger partial charge in [0.25, 0.3) is 0 Å². The van der Waals surface area contributed by atoms with E-state index < -0.39 is 0 Å². The van der Waals surface area contributed by atoms with E-state index in [1.165, 1.54) is 17.7 Å². The van der Waals surface area contributed by atoms with Gasteiger partial charge in [-0.25, -0.2) is 4.39 Å². The zero-order chi connectivity index (χ0) is 10.4. The number of hydrogen-bond donors (Lipinski definition) is 1. The van der Waals surface area contributed by atoms with Gasteiger partial charge in [0.15, 0.2) is 0 Å². The summed E-state index contributed by atoms with van der Waals surface area (Å²) in [5.41, 5.74) is 1.17. The summed E-state index contributed by atoms with van der Waals surface area (Å²) in [6.45, 7) is 4.11. The normalized spacial score (nSPS) is 10.5. The topological polar surface area (TPSA) is 12.0 Å². The number of nitrogens with one attached hydrogen (secondary N) is 1. The molecule has 3 heteroatoms. The highest BCUT2D eigenvalue weighted by molar-refractivity contribution is 9.10. The van der Waals surface area contributed by atoms with Crippen molar-refractivity contribution < 1.29 is 4.39 Å². The Bertz CT molecular complexity index is 289. The van der Waals surface area contributed by atoms with Crippen LogP contribution in [-0.4, -0.2) is 13.1 Å². The predicted octanol–water partition coefficient (Wildman–Crippen LogP) is 3.13.